The van der Waals surface area contributed by atoms with E-state index in [4.69, 9.17) is 17.3 Å². The first-order chi connectivity index (χ1) is 7.99. The van der Waals surface area contributed by atoms with Gasteiger partial charge in [-0.3, -0.25) is 0 Å². The van der Waals surface area contributed by atoms with Gasteiger partial charge >= 0.3 is 0 Å². The molecular weight excluding hydrogens is 234 g/mol. The minimum Gasteiger partial charge on any atom is -0.369 e. The fraction of sp³-hybridized carbons (Fsp3) is 0.308. The van der Waals surface area contributed by atoms with Gasteiger partial charge < -0.3 is 10.3 Å². The molecule has 2 N–H and O–H groups in total. The maximum atomic E-state index is 6.11. The third-order valence-electron chi connectivity index (χ3n) is 3.12. The first-order valence-electron chi connectivity index (χ1n) is 5.51. The molecule has 1 aromatic heterocycles. The number of aromatic nitrogens is 2. The molecule has 0 amide bonds. The molecule has 0 aliphatic rings. The van der Waals surface area contributed by atoms with E-state index in [9.17, 15) is 0 Å². The van der Waals surface area contributed by atoms with Crippen molar-refractivity contribution in [2.45, 2.75) is 20.3 Å². The molecule has 0 spiro atoms. The first-order valence-corrected chi connectivity index (χ1v) is 5.89. The van der Waals surface area contributed by atoms with E-state index in [1.807, 2.05) is 37.6 Å². The van der Waals surface area contributed by atoms with Crippen molar-refractivity contribution >= 4 is 17.5 Å². The molecule has 0 unspecified atom stereocenters. The number of nitrogen functional groups attached to an aromatic ring is 1. The summed E-state index contributed by atoms with van der Waals surface area (Å²) in [6, 6.07) is 6.09. The Morgan fingerprint density at radius 1 is 1.35 bits per heavy atom. The Hall–Kier alpha value is -1.48. The number of benzene rings is 1. The molecule has 2 aromatic rings. The molecule has 0 atom stereocenters. The van der Waals surface area contributed by atoms with Gasteiger partial charge in [0.2, 0.25) is 0 Å². The smallest absolute Gasteiger partial charge is 0.200 e. The van der Waals surface area contributed by atoms with Gasteiger partial charge in [-0.2, -0.15) is 0 Å². The van der Waals surface area contributed by atoms with Crippen LogP contribution in [0.4, 0.5) is 5.95 Å². The molecule has 3 nitrogen and oxygen atoms in total. The number of hydrogen-bond donors (Lipinski definition) is 1. The Bertz CT molecular complexity index is 558. The molecule has 1 aromatic carbocycles. The van der Waals surface area contributed by atoms with Crippen molar-refractivity contribution in [2.24, 2.45) is 7.05 Å². The summed E-state index contributed by atoms with van der Waals surface area (Å²) in [5.41, 5.74) is 10.1. The van der Waals surface area contributed by atoms with Crippen LogP contribution in [0.5, 0.6) is 0 Å². The highest BCUT2D eigenvalue weighted by Crippen LogP contribution is 2.20. The summed E-state index contributed by atoms with van der Waals surface area (Å²) in [5, 5.41) is 0.795. The molecular formula is C13H16ClN3. The van der Waals surface area contributed by atoms with E-state index >= 15 is 0 Å². The average molecular weight is 250 g/mol. The lowest BCUT2D eigenvalue weighted by Crippen LogP contribution is -1.98. The topological polar surface area (TPSA) is 43.8 Å². The van der Waals surface area contributed by atoms with E-state index in [0.717, 1.165) is 34.0 Å². The molecule has 17 heavy (non-hydrogen) atoms. The van der Waals surface area contributed by atoms with Crippen LogP contribution in [0, 0.1) is 13.8 Å². The number of rotatable bonds is 2. The lowest BCUT2D eigenvalue weighted by molar-refractivity contribution is 0.882. The van der Waals surface area contributed by atoms with Crippen molar-refractivity contribution in [1.29, 1.82) is 0 Å². The highest BCUT2D eigenvalue weighted by Gasteiger charge is 2.09. The molecule has 0 saturated carbocycles. The second-order valence-corrected chi connectivity index (χ2v) is 4.73. The highest BCUT2D eigenvalue weighted by atomic mass is 35.5. The van der Waals surface area contributed by atoms with Gasteiger partial charge in [0.25, 0.3) is 0 Å². The van der Waals surface area contributed by atoms with Gasteiger partial charge in [-0.25, -0.2) is 4.98 Å². The van der Waals surface area contributed by atoms with Gasteiger partial charge in [-0.15, -0.1) is 0 Å². The zero-order valence-corrected chi connectivity index (χ0v) is 11.0. The van der Waals surface area contributed by atoms with E-state index in [2.05, 4.69) is 11.1 Å². The number of nitrogens with two attached hydrogens (primary N) is 1. The predicted octanol–water partition coefficient (Wildman–Crippen LogP) is 2.86. The number of hydrogen-bond acceptors (Lipinski definition) is 2. The maximum Gasteiger partial charge on any atom is 0.200 e. The Balaban J connectivity index is 2.31. The summed E-state index contributed by atoms with van der Waals surface area (Å²) < 4.78 is 1.89. The molecule has 90 valence electrons. The molecule has 2 rings (SSSR count). The second-order valence-electron chi connectivity index (χ2n) is 4.32. The van der Waals surface area contributed by atoms with Crippen molar-refractivity contribution < 1.29 is 0 Å². The van der Waals surface area contributed by atoms with Crippen molar-refractivity contribution in [2.75, 3.05) is 5.73 Å². The Labute approximate surface area is 106 Å². The van der Waals surface area contributed by atoms with Crippen molar-refractivity contribution in [3.05, 3.63) is 45.7 Å². The fourth-order valence-corrected chi connectivity index (χ4v) is 1.97. The Kier molecular flexibility index (Phi) is 3.11. The van der Waals surface area contributed by atoms with Gasteiger partial charge in [0.15, 0.2) is 5.95 Å². The summed E-state index contributed by atoms with van der Waals surface area (Å²) in [5.74, 6) is 0.552. The van der Waals surface area contributed by atoms with Gasteiger partial charge in [0.05, 0.1) is 5.69 Å². The van der Waals surface area contributed by atoms with Gasteiger partial charge in [0, 0.05) is 24.2 Å². The summed E-state index contributed by atoms with van der Waals surface area (Å²) in [4.78, 5) is 4.35. The minimum atomic E-state index is 0.552. The lowest BCUT2D eigenvalue weighted by atomic mass is 10.1. The average Bonchev–Trinajstić information content (AvgIpc) is 2.52. The van der Waals surface area contributed by atoms with Gasteiger partial charge in [0.1, 0.15) is 0 Å². The Morgan fingerprint density at radius 2 is 2.06 bits per heavy atom. The van der Waals surface area contributed by atoms with Crippen LogP contribution < -0.4 is 5.73 Å². The van der Waals surface area contributed by atoms with Crippen molar-refractivity contribution in [3.8, 4) is 0 Å². The van der Waals surface area contributed by atoms with Crippen molar-refractivity contribution in [3.63, 3.8) is 0 Å². The van der Waals surface area contributed by atoms with Crippen LogP contribution in [-0.2, 0) is 13.5 Å². The summed E-state index contributed by atoms with van der Waals surface area (Å²) in [7, 11) is 1.92. The third-order valence-corrected chi connectivity index (χ3v) is 3.53. The normalized spacial score (nSPS) is 10.8. The SMILES string of the molecule is Cc1ccc(Cc2nc(N)n(C)c2C)cc1Cl. The fourth-order valence-electron chi connectivity index (χ4n) is 1.77. The van der Waals surface area contributed by atoms with E-state index in [1.54, 1.807) is 0 Å². The molecule has 0 fully saturated rings. The van der Waals surface area contributed by atoms with Crippen LogP contribution in [-0.4, -0.2) is 9.55 Å². The maximum absolute atomic E-state index is 6.11. The minimum absolute atomic E-state index is 0.552. The summed E-state index contributed by atoms with van der Waals surface area (Å²) >= 11 is 6.11. The summed E-state index contributed by atoms with van der Waals surface area (Å²) in [6.07, 6.45) is 0.761. The molecule has 1 heterocycles. The zero-order chi connectivity index (χ0) is 12.6. The molecule has 0 radical (unpaired) electrons. The summed E-state index contributed by atoms with van der Waals surface area (Å²) in [6.45, 7) is 4.02. The van der Waals surface area contributed by atoms with E-state index in [1.165, 1.54) is 0 Å². The van der Waals surface area contributed by atoms with E-state index in [-0.39, 0.29) is 0 Å². The number of imidazole rings is 1. The monoisotopic (exact) mass is 249 g/mol. The van der Waals surface area contributed by atoms with Crippen LogP contribution in [0.1, 0.15) is 22.5 Å². The van der Waals surface area contributed by atoms with Crippen LogP contribution in [0.2, 0.25) is 5.02 Å². The quantitative estimate of drug-likeness (QED) is 0.890. The molecule has 0 saturated heterocycles. The standard InChI is InChI=1S/C13H16ClN3/c1-8-4-5-10(6-11(8)14)7-12-9(2)17(3)13(15)16-12/h4-6H,7H2,1-3H3,(H2,15,16). The highest BCUT2D eigenvalue weighted by molar-refractivity contribution is 6.31. The Morgan fingerprint density at radius 3 is 2.59 bits per heavy atom. The van der Waals surface area contributed by atoms with Crippen LogP contribution >= 0.6 is 11.6 Å². The van der Waals surface area contributed by atoms with Crippen LogP contribution in [0.3, 0.4) is 0 Å². The van der Waals surface area contributed by atoms with Crippen LogP contribution in [0.15, 0.2) is 18.2 Å². The molecule has 0 bridgehead atoms. The number of nitrogens with zero attached hydrogens (tertiary/aromatic N) is 2. The largest absolute Gasteiger partial charge is 0.369 e. The predicted molar refractivity (Wildman–Crippen MR) is 71.4 cm³/mol. The number of anilines is 1. The number of aryl methyl sites for hydroxylation is 1. The zero-order valence-electron chi connectivity index (χ0n) is 10.3. The van der Waals surface area contributed by atoms with Crippen molar-refractivity contribution in [1.82, 2.24) is 9.55 Å². The number of halogens is 1. The molecule has 4 heteroatoms. The van der Waals surface area contributed by atoms with Gasteiger partial charge in [-0.1, -0.05) is 23.7 Å². The van der Waals surface area contributed by atoms with Crippen LogP contribution in [0.25, 0.3) is 0 Å². The lowest BCUT2D eigenvalue weighted by Gasteiger charge is -2.03. The molecule has 0 aliphatic heterocycles. The molecule has 0 aliphatic carbocycles. The van der Waals surface area contributed by atoms with E-state index in [0.29, 0.717) is 5.95 Å². The first kappa shape index (κ1) is 12.0. The van der Waals surface area contributed by atoms with E-state index < -0.39 is 0 Å². The second kappa shape index (κ2) is 4.41. The van der Waals surface area contributed by atoms with Gasteiger partial charge in [-0.05, 0) is 31.0 Å². The third kappa shape index (κ3) is 2.29.